The molecule has 1 aromatic heterocycles. The minimum atomic E-state index is -0.251. The Bertz CT molecular complexity index is 615. The van der Waals surface area contributed by atoms with E-state index in [4.69, 9.17) is 10.5 Å². The third kappa shape index (κ3) is 3.56. The summed E-state index contributed by atoms with van der Waals surface area (Å²) < 4.78 is 5.92. The van der Waals surface area contributed by atoms with Gasteiger partial charge in [0.2, 0.25) is 0 Å². The number of methoxy groups -OCH3 is 1. The third-order valence-electron chi connectivity index (χ3n) is 2.56. The van der Waals surface area contributed by atoms with Crippen molar-refractivity contribution in [3.8, 4) is 5.75 Å². The molecule has 0 bridgehead atoms. The quantitative estimate of drug-likeness (QED) is 0.864. The Hall–Kier alpha value is -1.44. The summed E-state index contributed by atoms with van der Waals surface area (Å²) in [5.74, 6) is 0.420. The smallest absolute Gasteiger partial charge is 0.275 e. The van der Waals surface area contributed by atoms with E-state index in [9.17, 15) is 4.79 Å². The summed E-state index contributed by atoms with van der Waals surface area (Å²) >= 11 is 4.82. The van der Waals surface area contributed by atoms with Crippen molar-refractivity contribution in [1.82, 2.24) is 4.98 Å². The third-order valence-corrected chi connectivity index (χ3v) is 4.16. The lowest BCUT2D eigenvalue weighted by Gasteiger charge is -2.08. The van der Waals surface area contributed by atoms with Crippen molar-refractivity contribution in [3.05, 3.63) is 38.8 Å². The van der Waals surface area contributed by atoms with Crippen LogP contribution in [0.5, 0.6) is 5.75 Å². The molecule has 3 N–H and O–H groups in total. The molecule has 0 unspecified atom stereocenters. The van der Waals surface area contributed by atoms with Crippen LogP contribution in [-0.2, 0) is 6.42 Å². The first-order valence-corrected chi connectivity index (χ1v) is 7.60. The molecule has 0 spiro atoms. The lowest BCUT2D eigenvalue weighted by molar-refractivity contribution is 0.102. The Balaban J connectivity index is 2.14. The largest absolute Gasteiger partial charge is 0.497 e. The van der Waals surface area contributed by atoms with Crippen molar-refractivity contribution in [2.75, 3.05) is 19.0 Å². The Morgan fingerprint density at radius 3 is 3.05 bits per heavy atom. The van der Waals surface area contributed by atoms with Gasteiger partial charge in [-0.3, -0.25) is 4.79 Å². The van der Waals surface area contributed by atoms with Gasteiger partial charge in [-0.2, -0.15) is 0 Å². The first kappa shape index (κ1) is 15.0. The number of ether oxygens (including phenoxy) is 1. The van der Waals surface area contributed by atoms with E-state index >= 15 is 0 Å². The van der Waals surface area contributed by atoms with Crippen LogP contribution in [0.4, 0.5) is 5.69 Å². The minimum absolute atomic E-state index is 0.251. The molecule has 0 atom stereocenters. The molecule has 1 aromatic carbocycles. The summed E-state index contributed by atoms with van der Waals surface area (Å²) in [6.07, 6.45) is 0.681. The van der Waals surface area contributed by atoms with Crippen LogP contribution in [-0.4, -0.2) is 24.5 Å². The molecule has 20 heavy (non-hydrogen) atoms. The van der Waals surface area contributed by atoms with Crippen LogP contribution in [0.1, 0.15) is 15.5 Å². The van der Waals surface area contributed by atoms with Crippen LogP contribution in [0.25, 0.3) is 0 Å². The molecule has 2 rings (SSSR count). The van der Waals surface area contributed by atoms with Crippen molar-refractivity contribution >= 4 is 38.9 Å². The van der Waals surface area contributed by atoms with Gasteiger partial charge in [-0.1, -0.05) is 0 Å². The molecule has 5 nitrogen and oxygen atoms in total. The zero-order valence-electron chi connectivity index (χ0n) is 10.9. The molecule has 7 heteroatoms. The molecule has 1 amide bonds. The standard InChI is InChI=1S/C13H14BrN3O2S/c1-19-8-2-3-9(14)10(6-8)17-13(18)11-7-20-12(16-11)4-5-15/h2-3,6-7H,4-5,15H2,1H3,(H,17,18). The van der Waals surface area contributed by atoms with Crippen LogP contribution < -0.4 is 15.8 Å². The number of thiazole rings is 1. The van der Waals surface area contributed by atoms with Crippen LogP contribution in [0.15, 0.2) is 28.1 Å². The predicted octanol–water partition coefficient (Wildman–Crippen LogP) is 2.67. The van der Waals surface area contributed by atoms with Crippen LogP contribution in [0.3, 0.4) is 0 Å². The van der Waals surface area contributed by atoms with E-state index in [1.807, 2.05) is 12.1 Å². The number of hydrogen-bond acceptors (Lipinski definition) is 5. The second kappa shape index (κ2) is 6.83. The molecule has 0 fully saturated rings. The van der Waals surface area contributed by atoms with E-state index in [2.05, 4.69) is 26.2 Å². The second-order valence-corrected chi connectivity index (χ2v) is 5.76. The highest BCUT2D eigenvalue weighted by atomic mass is 79.9. The lowest BCUT2D eigenvalue weighted by atomic mass is 10.3. The predicted molar refractivity (Wildman–Crippen MR) is 83.5 cm³/mol. The molecule has 1 heterocycles. The van der Waals surface area contributed by atoms with Gasteiger partial charge in [0.25, 0.3) is 5.91 Å². The maximum absolute atomic E-state index is 12.1. The number of amides is 1. The first-order chi connectivity index (χ1) is 9.63. The van der Waals surface area contributed by atoms with Crippen molar-refractivity contribution in [2.24, 2.45) is 5.73 Å². The average molecular weight is 356 g/mol. The average Bonchev–Trinajstić information content (AvgIpc) is 2.90. The van der Waals surface area contributed by atoms with Crippen LogP contribution >= 0.6 is 27.3 Å². The second-order valence-electron chi connectivity index (χ2n) is 3.97. The summed E-state index contributed by atoms with van der Waals surface area (Å²) in [7, 11) is 1.58. The number of nitrogens with two attached hydrogens (primary N) is 1. The Kier molecular flexibility index (Phi) is 5.11. The zero-order chi connectivity index (χ0) is 14.5. The fraction of sp³-hybridized carbons (Fsp3) is 0.231. The highest BCUT2D eigenvalue weighted by molar-refractivity contribution is 9.10. The van der Waals surface area contributed by atoms with Crippen molar-refractivity contribution in [3.63, 3.8) is 0 Å². The topological polar surface area (TPSA) is 77.2 Å². The Labute approximate surface area is 129 Å². The Morgan fingerprint density at radius 1 is 1.55 bits per heavy atom. The number of hydrogen-bond donors (Lipinski definition) is 2. The number of rotatable bonds is 5. The minimum Gasteiger partial charge on any atom is -0.497 e. The molecule has 0 aliphatic heterocycles. The summed E-state index contributed by atoms with van der Waals surface area (Å²) in [6, 6.07) is 5.37. The van der Waals surface area contributed by atoms with Gasteiger partial charge in [-0.15, -0.1) is 11.3 Å². The molecule has 2 aromatic rings. The van der Waals surface area contributed by atoms with Gasteiger partial charge in [0.05, 0.1) is 17.8 Å². The Morgan fingerprint density at radius 2 is 2.35 bits per heavy atom. The number of carbonyl (C=O) groups is 1. The summed E-state index contributed by atoms with van der Waals surface area (Å²) in [4.78, 5) is 16.4. The van der Waals surface area contributed by atoms with E-state index in [0.717, 1.165) is 9.48 Å². The molecule has 0 aliphatic rings. The van der Waals surface area contributed by atoms with Crippen LogP contribution in [0, 0.1) is 0 Å². The maximum Gasteiger partial charge on any atom is 0.275 e. The number of nitrogens with zero attached hydrogens (tertiary/aromatic N) is 1. The zero-order valence-corrected chi connectivity index (χ0v) is 13.3. The lowest BCUT2D eigenvalue weighted by Crippen LogP contribution is -2.13. The molecule has 0 radical (unpaired) electrons. The molecule has 106 valence electrons. The molecular formula is C13H14BrN3O2S. The SMILES string of the molecule is COc1ccc(Br)c(NC(=O)c2csc(CCN)n2)c1. The highest BCUT2D eigenvalue weighted by Gasteiger charge is 2.12. The van der Waals surface area contributed by atoms with Gasteiger partial charge < -0.3 is 15.8 Å². The number of anilines is 1. The van der Waals surface area contributed by atoms with Crippen molar-refractivity contribution in [2.45, 2.75) is 6.42 Å². The monoisotopic (exact) mass is 355 g/mol. The van der Waals surface area contributed by atoms with Crippen molar-refractivity contribution in [1.29, 1.82) is 0 Å². The van der Waals surface area contributed by atoms with Crippen molar-refractivity contribution < 1.29 is 9.53 Å². The fourth-order valence-corrected chi connectivity index (χ4v) is 2.71. The number of halogens is 1. The fourth-order valence-electron chi connectivity index (χ4n) is 1.57. The highest BCUT2D eigenvalue weighted by Crippen LogP contribution is 2.27. The van der Waals surface area contributed by atoms with E-state index in [-0.39, 0.29) is 5.91 Å². The normalized spacial score (nSPS) is 10.3. The number of benzene rings is 1. The number of nitrogens with one attached hydrogen (secondary N) is 1. The summed E-state index contributed by atoms with van der Waals surface area (Å²) in [5.41, 5.74) is 6.51. The van der Waals surface area contributed by atoms with E-state index < -0.39 is 0 Å². The number of aromatic nitrogens is 1. The molecule has 0 saturated heterocycles. The van der Waals surface area contributed by atoms with E-state index in [1.165, 1.54) is 11.3 Å². The maximum atomic E-state index is 12.1. The van der Waals surface area contributed by atoms with Gasteiger partial charge in [0, 0.05) is 22.3 Å². The van der Waals surface area contributed by atoms with E-state index in [0.29, 0.717) is 30.1 Å². The molecule has 0 saturated carbocycles. The first-order valence-electron chi connectivity index (χ1n) is 5.93. The van der Waals surface area contributed by atoms with Gasteiger partial charge in [-0.05, 0) is 34.6 Å². The summed E-state index contributed by atoms with van der Waals surface area (Å²) in [5, 5.41) is 5.40. The van der Waals surface area contributed by atoms with E-state index in [1.54, 1.807) is 18.6 Å². The van der Waals surface area contributed by atoms with Gasteiger partial charge in [0.1, 0.15) is 11.4 Å². The van der Waals surface area contributed by atoms with Gasteiger partial charge in [0.15, 0.2) is 0 Å². The number of carbonyl (C=O) groups excluding carboxylic acids is 1. The van der Waals surface area contributed by atoms with Crippen LogP contribution in [0.2, 0.25) is 0 Å². The summed E-state index contributed by atoms with van der Waals surface area (Å²) in [6.45, 7) is 0.524. The molecular weight excluding hydrogens is 342 g/mol. The van der Waals surface area contributed by atoms with Gasteiger partial charge in [-0.25, -0.2) is 4.98 Å². The van der Waals surface area contributed by atoms with Gasteiger partial charge >= 0.3 is 0 Å². The molecule has 0 aliphatic carbocycles.